The third kappa shape index (κ3) is 3.82. The van der Waals surface area contributed by atoms with Gasteiger partial charge in [0.2, 0.25) is 10.0 Å². The summed E-state index contributed by atoms with van der Waals surface area (Å²) in [5, 5.41) is 2.06. The summed E-state index contributed by atoms with van der Waals surface area (Å²) in [6, 6.07) is 21.3. The van der Waals surface area contributed by atoms with Crippen LogP contribution in [-0.4, -0.2) is 8.42 Å². The fourth-order valence-electron chi connectivity index (χ4n) is 2.46. The Balaban J connectivity index is 1.52. The van der Waals surface area contributed by atoms with Gasteiger partial charge in [-0.2, -0.15) is 0 Å². The highest BCUT2D eigenvalue weighted by Gasteiger charge is 2.18. The second kappa shape index (κ2) is 7.46. The van der Waals surface area contributed by atoms with Gasteiger partial charge in [-0.05, 0) is 41.3 Å². The van der Waals surface area contributed by atoms with Crippen molar-refractivity contribution in [1.82, 2.24) is 4.72 Å². The number of benzene rings is 1. The Hall–Kier alpha value is -1.77. The summed E-state index contributed by atoms with van der Waals surface area (Å²) in [4.78, 5) is 4.49. The zero-order valence-electron chi connectivity index (χ0n) is 13.6. The first-order valence-corrected chi connectivity index (χ1v) is 11.9. The van der Waals surface area contributed by atoms with Crippen molar-refractivity contribution in [3.63, 3.8) is 0 Å². The highest BCUT2D eigenvalue weighted by molar-refractivity contribution is 7.91. The molecule has 1 N–H and O–H groups in total. The largest absolute Gasteiger partial charge is 0.250 e. The van der Waals surface area contributed by atoms with Crippen molar-refractivity contribution in [3.05, 3.63) is 77.7 Å². The molecule has 0 fully saturated rings. The zero-order chi connectivity index (χ0) is 18.0. The van der Waals surface area contributed by atoms with Crippen molar-refractivity contribution in [3.8, 4) is 19.5 Å². The summed E-state index contributed by atoms with van der Waals surface area (Å²) < 4.78 is 28.1. The molecule has 0 bridgehead atoms. The molecule has 4 aromatic rings. The SMILES string of the molecule is O=S(=O)(NCc1ccccc1)c1ccc(-c2ccc(-c3cccs3)s2)s1. The highest BCUT2D eigenvalue weighted by Crippen LogP contribution is 2.39. The molecule has 0 saturated heterocycles. The Morgan fingerprint density at radius 2 is 1.42 bits per heavy atom. The van der Waals surface area contributed by atoms with Crippen molar-refractivity contribution < 1.29 is 8.42 Å². The van der Waals surface area contributed by atoms with E-state index in [0.717, 1.165) is 15.3 Å². The van der Waals surface area contributed by atoms with Gasteiger partial charge in [-0.3, -0.25) is 0 Å². The topological polar surface area (TPSA) is 46.2 Å². The number of hydrogen-bond acceptors (Lipinski definition) is 5. The summed E-state index contributed by atoms with van der Waals surface area (Å²) in [5.74, 6) is 0. The molecule has 0 amide bonds. The standard InChI is InChI=1S/C19H15NO2S4/c21-26(22,20-13-14-5-2-1-3-6-14)19-11-10-18(25-19)17-9-8-16(24-17)15-7-4-12-23-15/h1-12,20H,13H2. The Labute approximate surface area is 164 Å². The van der Waals surface area contributed by atoms with Crippen LogP contribution >= 0.6 is 34.0 Å². The van der Waals surface area contributed by atoms with Gasteiger partial charge >= 0.3 is 0 Å². The average Bonchev–Trinajstić information content (AvgIpc) is 3.41. The predicted octanol–water partition coefficient (Wildman–Crippen LogP) is 5.68. The fourth-order valence-corrected chi connectivity index (χ4v) is 6.76. The zero-order valence-corrected chi connectivity index (χ0v) is 16.9. The smallest absolute Gasteiger partial charge is 0.206 e. The molecule has 26 heavy (non-hydrogen) atoms. The van der Waals surface area contributed by atoms with E-state index in [1.54, 1.807) is 28.7 Å². The lowest BCUT2D eigenvalue weighted by atomic mass is 10.2. The monoisotopic (exact) mass is 417 g/mol. The fraction of sp³-hybridized carbons (Fsp3) is 0.0526. The molecule has 0 spiro atoms. The number of thiophene rings is 3. The third-order valence-electron chi connectivity index (χ3n) is 3.77. The van der Waals surface area contributed by atoms with Crippen LogP contribution in [0.25, 0.3) is 19.5 Å². The molecular formula is C19H15NO2S4. The molecular weight excluding hydrogens is 402 g/mol. The van der Waals surface area contributed by atoms with Crippen LogP contribution in [0.4, 0.5) is 0 Å². The number of sulfonamides is 1. The van der Waals surface area contributed by atoms with E-state index in [1.807, 2.05) is 42.5 Å². The van der Waals surface area contributed by atoms with Gasteiger partial charge in [0.15, 0.2) is 0 Å². The summed E-state index contributed by atoms with van der Waals surface area (Å²) >= 11 is 4.69. The number of hydrogen-bond donors (Lipinski definition) is 1. The molecule has 0 aliphatic rings. The summed E-state index contributed by atoms with van der Waals surface area (Å²) in [6.07, 6.45) is 0. The van der Waals surface area contributed by atoms with E-state index in [1.165, 1.54) is 21.1 Å². The first kappa shape index (κ1) is 17.6. The van der Waals surface area contributed by atoms with E-state index in [4.69, 9.17) is 0 Å². The highest BCUT2D eigenvalue weighted by atomic mass is 32.2. The van der Waals surface area contributed by atoms with E-state index in [2.05, 4.69) is 28.3 Å². The van der Waals surface area contributed by atoms with E-state index in [9.17, 15) is 8.42 Å². The molecule has 0 unspecified atom stereocenters. The first-order valence-electron chi connectivity index (χ1n) is 7.89. The Morgan fingerprint density at radius 1 is 0.731 bits per heavy atom. The summed E-state index contributed by atoms with van der Waals surface area (Å²) in [5.41, 5.74) is 0.937. The van der Waals surface area contributed by atoms with Gasteiger partial charge in [0.1, 0.15) is 4.21 Å². The van der Waals surface area contributed by atoms with Crippen LogP contribution in [0.3, 0.4) is 0 Å². The van der Waals surface area contributed by atoms with Crippen LogP contribution in [0.5, 0.6) is 0 Å². The maximum Gasteiger partial charge on any atom is 0.250 e. The minimum Gasteiger partial charge on any atom is -0.206 e. The molecule has 3 nitrogen and oxygen atoms in total. The van der Waals surface area contributed by atoms with Gasteiger partial charge in [-0.25, -0.2) is 13.1 Å². The quantitative estimate of drug-likeness (QED) is 0.438. The summed E-state index contributed by atoms with van der Waals surface area (Å²) in [7, 11) is -3.51. The molecule has 0 aliphatic heterocycles. The molecule has 3 aromatic heterocycles. The molecule has 0 saturated carbocycles. The molecule has 1 aromatic carbocycles. The molecule has 7 heteroatoms. The number of nitrogens with one attached hydrogen (secondary N) is 1. The molecule has 0 aliphatic carbocycles. The van der Waals surface area contributed by atoms with Gasteiger partial charge in [0.25, 0.3) is 0 Å². The van der Waals surface area contributed by atoms with Gasteiger partial charge in [0, 0.05) is 26.1 Å². The van der Waals surface area contributed by atoms with Gasteiger partial charge in [-0.1, -0.05) is 36.4 Å². The van der Waals surface area contributed by atoms with E-state index in [0.29, 0.717) is 4.21 Å². The van der Waals surface area contributed by atoms with Crippen molar-refractivity contribution in [2.24, 2.45) is 0 Å². The third-order valence-corrected chi connectivity index (χ3v) is 9.09. The van der Waals surface area contributed by atoms with Crippen molar-refractivity contribution >= 4 is 44.0 Å². The Morgan fingerprint density at radius 3 is 2.15 bits per heavy atom. The van der Waals surface area contributed by atoms with Crippen LogP contribution in [0.2, 0.25) is 0 Å². The minimum absolute atomic E-state index is 0.290. The Bertz CT molecular complexity index is 1090. The molecule has 3 heterocycles. The van der Waals surface area contributed by atoms with Crippen LogP contribution in [-0.2, 0) is 16.6 Å². The van der Waals surface area contributed by atoms with Crippen LogP contribution in [0.15, 0.2) is 76.3 Å². The van der Waals surface area contributed by atoms with Crippen molar-refractivity contribution in [2.45, 2.75) is 10.8 Å². The maximum absolute atomic E-state index is 12.5. The lowest BCUT2D eigenvalue weighted by molar-refractivity contribution is 0.583. The number of rotatable bonds is 6. The van der Waals surface area contributed by atoms with Crippen molar-refractivity contribution in [1.29, 1.82) is 0 Å². The van der Waals surface area contributed by atoms with E-state index >= 15 is 0 Å². The second-order valence-corrected chi connectivity index (χ2v) is 10.7. The van der Waals surface area contributed by atoms with Gasteiger partial charge in [0.05, 0.1) is 0 Å². The lowest BCUT2D eigenvalue weighted by Crippen LogP contribution is -2.22. The first-order chi connectivity index (χ1) is 12.6. The minimum atomic E-state index is -3.51. The van der Waals surface area contributed by atoms with Crippen LogP contribution < -0.4 is 4.72 Å². The molecule has 0 radical (unpaired) electrons. The molecule has 132 valence electrons. The van der Waals surface area contributed by atoms with E-state index < -0.39 is 10.0 Å². The maximum atomic E-state index is 12.5. The normalized spacial score (nSPS) is 11.7. The summed E-state index contributed by atoms with van der Waals surface area (Å²) in [6.45, 7) is 0.290. The van der Waals surface area contributed by atoms with Crippen LogP contribution in [0, 0.1) is 0 Å². The predicted molar refractivity (Wildman–Crippen MR) is 111 cm³/mol. The van der Waals surface area contributed by atoms with Gasteiger partial charge in [-0.15, -0.1) is 34.0 Å². The van der Waals surface area contributed by atoms with E-state index in [-0.39, 0.29) is 6.54 Å². The average molecular weight is 418 g/mol. The lowest BCUT2D eigenvalue weighted by Gasteiger charge is -2.04. The molecule has 4 rings (SSSR count). The van der Waals surface area contributed by atoms with Crippen LogP contribution in [0.1, 0.15) is 5.56 Å². The molecule has 0 atom stereocenters. The van der Waals surface area contributed by atoms with Gasteiger partial charge < -0.3 is 0 Å². The Kier molecular flexibility index (Phi) is 5.06. The second-order valence-electron chi connectivity index (χ2n) is 5.57. The van der Waals surface area contributed by atoms with Crippen molar-refractivity contribution in [2.75, 3.05) is 0 Å².